The van der Waals surface area contributed by atoms with E-state index in [0.29, 0.717) is 18.2 Å². The van der Waals surface area contributed by atoms with Gasteiger partial charge in [0.15, 0.2) is 0 Å². The second kappa shape index (κ2) is 5.95. The van der Waals surface area contributed by atoms with Crippen molar-refractivity contribution in [3.8, 4) is 0 Å². The Morgan fingerprint density at radius 2 is 2.08 bits per heavy atom. The molecule has 1 fully saturated rings. The van der Waals surface area contributed by atoms with Crippen LogP contribution in [0.25, 0.3) is 10.2 Å². The fraction of sp³-hybridized carbons (Fsp3) is 0.421. The van der Waals surface area contributed by atoms with Crippen molar-refractivity contribution in [2.45, 2.75) is 51.6 Å². The molecule has 25 heavy (non-hydrogen) atoms. The van der Waals surface area contributed by atoms with Crippen LogP contribution in [-0.2, 0) is 12.1 Å². The Balaban J connectivity index is 1.51. The van der Waals surface area contributed by atoms with Gasteiger partial charge in [-0.05, 0) is 51.8 Å². The molecular weight excluding hydrogens is 332 g/mol. The molecule has 0 saturated heterocycles. The van der Waals surface area contributed by atoms with Gasteiger partial charge in [-0.15, -0.1) is 11.3 Å². The zero-order valence-corrected chi connectivity index (χ0v) is 15.6. The molecule has 1 aliphatic rings. The Kier molecular flexibility index (Phi) is 3.87. The molecule has 1 aromatic carbocycles. The van der Waals surface area contributed by atoms with Crippen LogP contribution in [0.4, 0.5) is 0 Å². The number of amides is 1. The molecule has 130 valence electrons. The van der Waals surface area contributed by atoms with Gasteiger partial charge >= 0.3 is 0 Å². The number of rotatable bonds is 4. The molecule has 1 amide bonds. The summed E-state index contributed by atoms with van der Waals surface area (Å²) in [5, 5.41) is 8.46. The van der Waals surface area contributed by atoms with Gasteiger partial charge in [-0.1, -0.05) is 12.1 Å². The molecule has 1 N–H and O–H groups in total. The van der Waals surface area contributed by atoms with Crippen LogP contribution in [0.5, 0.6) is 0 Å². The van der Waals surface area contributed by atoms with Crippen LogP contribution in [-0.4, -0.2) is 20.7 Å². The van der Waals surface area contributed by atoms with E-state index in [1.807, 2.05) is 35.0 Å². The highest BCUT2D eigenvalue weighted by molar-refractivity contribution is 7.18. The predicted molar refractivity (Wildman–Crippen MR) is 100.0 cm³/mol. The molecular formula is C19H22N4OS. The number of hydrogen-bond acceptors (Lipinski definition) is 4. The van der Waals surface area contributed by atoms with Crippen molar-refractivity contribution in [3.05, 3.63) is 46.7 Å². The summed E-state index contributed by atoms with van der Waals surface area (Å²) in [6, 6.07) is 9.97. The predicted octanol–water partition coefficient (Wildman–Crippen LogP) is 4.06. The zero-order valence-electron chi connectivity index (χ0n) is 14.7. The van der Waals surface area contributed by atoms with Crippen molar-refractivity contribution in [1.82, 2.24) is 20.1 Å². The van der Waals surface area contributed by atoms with Gasteiger partial charge in [0.2, 0.25) is 0 Å². The number of fused-ring (bicyclic) bond motifs is 1. The highest BCUT2D eigenvalue weighted by atomic mass is 32.1. The van der Waals surface area contributed by atoms with Gasteiger partial charge in [-0.3, -0.25) is 9.48 Å². The average Bonchev–Trinajstić information content (AvgIpc) is 3.16. The number of para-hydroxylation sites is 1. The Hall–Kier alpha value is -2.21. The zero-order chi connectivity index (χ0) is 17.6. The van der Waals surface area contributed by atoms with E-state index in [0.717, 1.165) is 15.2 Å². The van der Waals surface area contributed by atoms with Crippen LogP contribution in [0.2, 0.25) is 0 Å². The molecule has 0 atom stereocenters. The third kappa shape index (κ3) is 3.31. The minimum absolute atomic E-state index is 0.122. The maximum absolute atomic E-state index is 12.6. The van der Waals surface area contributed by atoms with E-state index in [-0.39, 0.29) is 11.4 Å². The number of nitrogens with zero attached hydrogens (tertiary/aromatic N) is 3. The first-order valence-corrected chi connectivity index (χ1v) is 9.46. The maximum Gasteiger partial charge on any atom is 0.272 e. The quantitative estimate of drug-likeness (QED) is 0.769. The summed E-state index contributed by atoms with van der Waals surface area (Å²) in [7, 11) is 0. The molecule has 2 heterocycles. The van der Waals surface area contributed by atoms with Crippen molar-refractivity contribution in [2.24, 2.45) is 0 Å². The van der Waals surface area contributed by atoms with E-state index in [1.54, 1.807) is 11.3 Å². The van der Waals surface area contributed by atoms with Gasteiger partial charge in [0, 0.05) is 11.6 Å². The average molecular weight is 354 g/mol. The normalized spacial score (nSPS) is 14.8. The number of nitrogens with one attached hydrogen (secondary N) is 1. The number of benzene rings is 1. The van der Waals surface area contributed by atoms with E-state index in [9.17, 15) is 4.79 Å². The summed E-state index contributed by atoms with van der Waals surface area (Å²) in [4.78, 5) is 17.1. The Labute approximate surface area is 151 Å². The number of carbonyl (C=O) groups excluding carboxylic acids is 1. The summed E-state index contributed by atoms with van der Waals surface area (Å²) in [5.41, 5.74) is 2.53. The van der Waals surface area contributed by atoms with E-state index >= 15 is 0 Å². The number of thiazole rings is 1. The van der Waals surface area contributed by atoms with Crippen molar-refractivity contribution >= 4 is 27.5 Å². The summed E-state index contributed by atoms with van der Waals surface area (Å²) in [6.45, 7) is 6.79. The second-order valence-corrected chi connectivity index (χ2v) is 8.68. The van der Waals surface area contributed by atoms with Gasteiger partial charge in [-0.2, -0.15) is 5.10 Å². The molecule has 3 aromatic rings. The largest absolute Gasteiger partial charge is 0.344 e. The Morgan fingerprint density at radius 1 is 1.32 bits per heavy atom. The highest BCUT2D eigenvalue weighted by Crippen LogP contribution is 2.41. The third-order valence-corrected chi connectivity index (χ3v) is 5.38. The highest BCUT2D eigenvalue weighted by Gasteiger charge is 2.32. The molecule has 4 rings (SSSR count). The Morgan fingerprint density at radius 3 is 2.76 bits per heavy atom. The van der Waals surface area contributed by atoms with E-state index in [1.165, 1.54) is 18.5 Å². The number of hydrogen-bond donors (Lipinski definition) is 1. The van der Waals surface area contributed by atoms with Gasteiger partial charge < -0.3 is 5.32 Å². The minimum atomic E-state index is -0.135. The van der Waals surface area contributed by atoms with Gasteiger partial charge in [-0.25, -0.2) is 4.98 Å². The summed E-state index contributed by atoms with van der Waals surface area (Å²) in [6.07, 6.45) is 2.38. The molecule has 5 nitrogen and oxygen atoms in total. The van der Waals surface area contributed by atoms with Gasteiger partial charge in [0.05, 0.1) is 22.3 Å². The molecule has 0 radical (unpaired) electrons. The van der Waals surface area contributed by atoms with Crippen molar-refractivity contribution in [3.63, 3.8) is 0 Å². The molecule has 0 unspecified atom stereocenters. The van der Waals surface area contributed by atoms with Crippen LogP contribution >= 0.6 is 11.3 Å². The monoisotopic (exact) mass is 354 g/mol. The molecule has 2 aromatic heterocycles. The Bertz CT molecular complexity index is 897. The number of aromatic nitrogens is 3. The standard InChI is InChI=1S/C19H22N4OS/c1-19(2,3)23-15(12-8-9-12)10-14(22-23)18(24)20-11-17-21-13-6-4-5-7-16(13)25-17/h4-7,10,12H,8-9,11H2,1-3H3,(H,20,24). The molecule has 0 bridgehead atoms. The molecule has 1 aliphatic carbocycles. The number of carbonyl (C=O) groups is 1. The maximum atomic E-state index is 12.6. The van der Waals surface area contributed by atoms with E-state index in [4.69, 9.17) is 0 Å². The van der Waals surface area contributed by atoms with E-state index < -0.39 is 0 Å². The van der Waals surface area contributed by atoms with Crippen LogP contribution in [0.3, 0.4) is 0 Å². The van der Waals surface area contributed by atoms with Crippen LogP contribution < -0.4 is 5.32 Å². The lowest BCUT2D eigenvalue weighted by atomic mass is 10.1. The minimum Gasteiger partial charge on any atom is -0.344 e. The summed E-state index contributed by atoms with van der Waals surface area (Å²) >= 11 is 1.61. The molecule has 6 heteroatoms. The van der Waals surface area contributed by atoms with E-state index in [2.05, 4.69) is 36.2 Å². The smallest absolute Gasteiger partial charge is 0.272 e. The summed E-state index contributed by atoms with van der Waals surface area (Å²) < 4.78 is 3.15. The van der Waals surface area contributed by atoms with Crippen molar-refractivity contribution in [2.75, 3.05) is 0 Å². The first-order valence-electron chi connectivity index (χ1n) is 8.65. The second-order valence-electron chi connectivity index (χ2n) is 7.57. The van der Waals surface area contributed by atoms with Crippen molar-refractivity contribution in [1.29, 1.82) is 0 Å². The SMILES string of the molecule is CC(C)(C)n1nc(C(=O)NCc2nc3ccccc3s2)cc1C1CC1. The first-order chi connectivity index (χ1) is 11.9. The third-order valence-electron chi connectivity index (χ3n) is 4.34. The fourth-order valence-electron chi connectivity index (χ4n) is 2.96. The fourth-order valence-corrected chi connectivity index (χ4v) is 3.86. The van der Waals surface area contributed by atoms with Crippen LogP contribution in [0.1, 0.15) is 60.7 Å². The molecule has 0 aliphatic heterocycles. The van der Waals surface area contributed by atoms with Crippen LogP contribution in [0.15, 0.2) is 30.3 Å². The van der Waals surface area contributed by atoms with Gasteiger partial charge in [0.25, 0.3) is 5.91 Å². The first kappa shape index (κ1) is 16.3. The molecule has 0 spiro atoms. The lowest BCUT2D eigenvalue weighted by molar-refractivity contribution is 0.0944. The van der Waals surface area contributed by atoms with Gasteiger partial charge in [0.1, 0.15) is 10.7 Å². The lowest BCUT2D eigenvalue weighted by Gasteiger charge is -2.22. The molecule has 1 saturated carbocycles. The van der Waals surface area contributed by atoms with Crippen LogP contribution in [0, 0.1) is 0 Å². The summed E-state index contributed by atoms with van der Waals surface area (Å²) in [5.74, 6) is 0.418. The lowest BCUT2D eigenvalue weighted by Crippen LogP contribution is -2.27. The topological polar surface area (TPSA) is 59.8 Å². The van der Waals surface area contributed by atoms with Crippen molar-refractivity contribution < 1.29 is 4.79 Å².